The molecule has 1 saturated heterocycles. The average Bonchev–Trinajstić information content (AvgIpc) is 2.54. The third kappa shape index (κ3) is 4.11. The normalized spacial score (nSPS) is 20.3. The smallest absolute Gasteiger partial charge is 0.127 e. The first-order chi connectivity index (χ1) is 10.2. The van der Waals surface area contributed by atoms with Gasteiger partial charge in [-0.3, -0.25) is 4.90 Å². The third-order valence-corrected chi connectivity index (χ3v) is 4.50. The van der Waals surface area contributed by atoms with Crippen molar-refractivity contribution in [2.75, 3.05) is 40.9 Å². The predicted molar refractivity (Wildman–Crippen MR) is 86.2 cm³/mol. The molecule has 4 nitrogen and oxygen atoms in total. The van der Waals surface area contributed by atoms with E-state index in [1.165, 1.54) is 24.9 Å². The Morgan fingerprint density at radius 1 is 1.33 bits per heavy atom. The van der Waals surface area contributed by atoms with E-state index in [1.54, 1.807) is 14.2 Å². The fourth-order valence-electron chi connectivity index (χ4n) is 3.05. The van der Waals surface area contributed by atoms with Crippen LogP contribution in [0.4, 0.5) is 0 Å². The maximum absolute atomic E-state index is 5.53. The monoisotopic (exact) mass is 292 g/mol. The van der Waals surface area contributed by atoms with Crippen LogP contribution in [-0.4, -0.2) is 45.8 Å². The van der Waals surface area contributed by atoms with Crippen LogP contribution < -0.4 is 14.8 Å². The first kappa shape index (κ1) is 16.1. The van der Waals surface area contributed by atoms with Gasteiger partial charge >= 0.3 is 0 Å². The van der Waals surface area contributed by atoms with E-state index in [-0.39, 0.29) is 0 Å². The van der Waals surface area contributed by atoms with Crippen LogP contribution in [0.2, 0.25) is 0 Å². The second-order valence-corrected chi connectivity index (χ2v) is 5.94. The number of nitrogens with zero attached hydrogens (tertiary/aromatic N) is 1. The number of benzene rings is 1. The van der Waals surface area contributed by atoms with Crippen molar-refractivity contribution in [2.24, 2.45) is 5.92 Å². The number of hydrogen-bond acceptors (Lipinski definition) is 4. The molecular formula is C17H28N2O2. The summed E-state index contributed by atoms with van der Waals surface area (Å²) in [6.45, 7) is 5.66. The van der Waals surface area contributed by atoms with Gasteiger partial charge in [-0.1, -0.05) is 6.07 Å². The van der Waals surface area contributed by atoms with Crippen molar-refractivity contribution in [3.05, 3.63) is 23.8 Å². The predicted octanol–water partition coefficient (Wildman–Crippen LogP) is 2.70. The molecule has 0 amide bonds. The molecule has 2 rings (SSSR count). The van der Waals surface area contributed by atoms with Crippen LogP contribution in [0.15, 0.2) is 18.2 Å². The van der Waals surface area contributed by atoms with Gasteiger partial charge in [0.2, 0.25) is 0 Å². The van der Waals surface area contributed by atoms with E-state index in [1.807, 2.05) is 12.1 Å². The zero-order valence-electron chi connectivity index (χ0n) is 13.7. The fourth-order valence-corrected chi connectivity index (χ4v) is 3.05. The minimum Gasteiger partial charge on any atom is -0.497 e. The second-order valence-electron chi connectivity index (χ2n) is 5.94. The summed E-state index contributed by atoms with van der Waals surface area (Å²) in [6, 6.07) is 6.40. The molecule has 4 heteroatoms. The van der Waals surface area contributed by atoms with Gasteiger partial charge in [0.1, 0.15) is 11.5 Å². The molecule has 1 aliphatic rings. The molecule has 1 aromatic carbocycles. The van der Waals surface area contributed by atoms with Crippen molar-refractivity contribution in [1.29, 1.82) is 0 Å². The Hall–Kier alpha value is -1.26. The Labute approximate surface area is 128 Å². The molecule has 1 N–H and O–H groups in total. The Kier molecular flexibility index (Phi) is 5.88. The molecule has 0 aliphatic carbocycles. The van der Waals surface area contributed by atoms with Gasteiger partial charge in [0.05, 0.1) is 14.2 Å². The summed E-state index contributed by atoms with van der Waals surface area (Å²) in [7, 11) is 5.60. The molecule has 0 spiro atoms. The molecular weight excluding hydrogens is 264 g/mol. The highest BCUT2D eigenvalue weighted by Gasteiger charge is 2.21. The molecule has 21 heavy (non-hydrogen) atoms. The average molecular weight is 292 g/mol. The van der Waals surface area contributed by atoms with Gasteiger partial charge in [0, 0.05) is 24.2 Å². The molecule has 0 aromatic heterocycles. The van der Waals surface area contributed by atoms with Crippen LogP contribution >= 0.6 is 0 Å². The second kappa shape index (κ2) is 7.66. The number of hydrogen-bond donors (Lipinski definition) is 1. The summed E-state index contributed by atoms with van der Waals surface area (Å²) >= 11 is 0. The Morgan fingerprint density at radius 3 is 2.76 bits per heavy atom. The molecule has 0 saturated carbocycles. The molecule has 1 fully saturated rings. The SMILES string of the molecule is COc1ccc(C(C)N(C)CC2CCCNC2)c(OC)c1. The largest absolute Gasteiger partial charge is 0.497 e. The number of rotatable bonds is 6. The van der Waals surface area contributed by atoms with E-state index >= 15 is 0 Å². The molecule has 0 bridgehead atoms. The maximum Gasteiger partial charge on any atom is 0.127 e. The topological polar surface area (TPSA) is 33.7 Å². The van der Waals surface area contributed by atoms with Gasteiger partial charge in [0.15, 0.2) is 0 Å². The lowest BCUT2D eigenvalue weighted by Gasteiger charge is -2.32. The summed E-state index contributed by atoms with van der Waals surface area (Å²) in [4.78, 5) is 2.42. The van der Waals surface area contributed by atoms with Gasteiger partial charge < -0.3 is 14.8 Å². The molecule has 2 unspecified atom stereocenters. The lowest BCUT2D eigenvalue weighted by molar-refractivity contribution is 0.196. The molecule has 2 atom stereocenters. The van der Waals surface area contributed by atoms with Crippen molar-refractivity contribution >= 4 is 0 Å². The zero-order valence-corrected chi connectivity index (χ0v) is 13.7. The number of methoxy groups -OCH3 is 2. The lowest BCUT2D eigenvalue weighted by atomic mass is 9.97. The van der Waals surface area contributed by atoms with Crippen LogP contribution in [-0.2, 0) is 0 Å². The molecule has 118 valence electrons. The van der Waals surface area contributed by atoms with Crippen molar-refractivity contribution in [2.45, 2.75) is 25.8 Å². The summed E-state index contributed by atoms with van der Waals surface area (Å²) in [5.41, 5.74) is 1.21. The number of ether oxygens (including phenoxy) is 2. The highest BCUT2D eigenvalue weighted by atomic mass is 16.5. The van der Waals surface area contributed by atoms with E-state index in [9.17, 15) is 0 Å². The molecule has 1 aliphatic heterocycles. The minimum atomic E-state index is 0.327. The first-order valence-electron chi connectivity index (χ1n) is 7.78. The summed E-state index contributed by atoms with van der Waals surface area (Å²) in [5, 5.41) is 3.49. The summed E-state index contributed by atoms with van der Waals surface area (Å²) < 4.78 is 10.8. The van der Waals surface area contributed by atoms with Crippen molar-refractivity contribution in [1.82, 2.24) is 10.2 Å². The lowest BCUT2D eigenvalue weighted by Crippen LogP contribution is -2.37. The van der Waals surface area contributed by atoms with Gasteiger partial charge in [-0.25, -0.2) is 0 Å². The number of piperidine rings is 1. The van der Waals surface area contributed by atoms with E-state index in [2.05, 4.69) is 30.3 Å². The first-order valence-corrected chi connectivity index (χ1v) is 7.78. The third-order valence-electron chi connectivity index (χ3n) is 4.50. The highest BCUT2D eigenvalue weighted by molar-refractivity contribution is 5.42. The van der Waals surface area contributed by atoms with Crippen LogP contribution in [0, 0.1) is 5.92 Å². The quantitative estimate of drug-likeness (QED) is 0.874. The number of nitrogens with one attached hydrogen (secondary N) is 1. The molecule has 1 aromatic rings. The Bertz CT molecular complexity index is 444. The van der Waals surface area contributed by atoms with Crippen molar-refractivity contribution in [3.63, 3.8) is 0 Å². The van der Waals surface area contributed by atoms with Crippen molar-refractivity contribution < 1.29 is 9.47 Å². The molecule has 1 heterocycles. The van der Waals surface area contributed by atoms with Gasteiger partial charge in [-0.15, -0.1) is 0 Å². The highest BCUT2D eigenvalue weighted by Crippen LogP contribution is 2.32. The van der Waals surface area contributed by atoms with Crippen LogP contribution in [0.1, 0.15) is 31.4 Å². The minimum absolute atomic E-state index is 0.327. The standard InChI is InChI=1S/C17H28N2O2/c1-13(19(2)12-14-6-5-9-18-11-14)16-8-7-15(20-3)10-17(16)21-4/h7-8,10,13-14,18H,5-6,9,11-12H2,1-4H3. The summed E-state index contributed by atoms with van der Waals surface area (Å²) in [5.74, 6) is 2.48. The van der Waals surface area contributed by atoms with Gasteiger partial charge in [0.25, 0.3) is 0 Å². The van der Waals surface area contributed by atoms with Crippen molar-refractivity contribution in [3.8, 4) is 11.5 Å². The van der Waals surface area contributed by atoms with Crippen LogP contribution in [0.3, 0.4) is 0 Å². The Morgan fingerprint density at radius 2 is 2.14 bits per heavy atom. The van der Waals surface area contributed by atoms with E-state index in [4.69, 9.17) is 9.47 Å². The zero-order chi connectivity index (χ0) is 15.2. The van der Waals surface area contributed by atoms with E-state index in [0.29, 0.717) is 6.04 Å². The maximum atomic E-state index is 5.53. The van der Waals surface area contributed by atoms with Gasteiger partial charge in [-0.05, 0) is 51.9 Å². The van der Waals surface area contributed by atoms with Crippen LogP contribution in [0.5, 0.6) is 11.5 Å². The van der Waals surface area contributed by atoms with E-state index in [0.717, 1.165) is 30.5 Å². The molecule has 0 radical (unpaired) electrons. The fraction of sp³-hybridized carbons (Fsp3) is 0.647. The van der Waals surface area contributed by atoms with Gasteiger partial charge in [-0.2, -0.15) is 0 Å². The summed E-state index contributed by atoms with van der Waals surface area (Å²) in [6.07, 6.45) is 2.61. The van der Waals surface area contributed by atoms with E-state index < -0.39 is 0 Å². The Balaban J connectivity index is 2.05. The van der Waals surface area contributed by atoms with Crippen LogP contribution in [0.25, 0.3) is 0 Å².